The zero-order valence-corrected chi connectivity index (χ0v) is 6.48. The van der Waals surface area contributed by atoms with E-state index < -0.39 is 15.6 Å². The molecule has 5 nitrogen and oxygen atoms in total. The Morgan fingerprint density at radius 1 is 1.09 bits per heavy atom. The Labute approximate surface area is 71.7 Å². The Balaban J connectivity index is -0.0000000817. The summed E-state index contributed by atoms with van der Waals surface area (Å²) >= 11 is 0. The minimum absolute atomic E-state index is 0. The van der Waals surface area contributed by atoms with E-state index in [4.69, 9.17) is 13.0 Å². The van der Waals surface area contributed by atoms with Gasteiger partial charge in [0.1, 0.15) is 0 Å². The Morgan fingerprint density at radius 3 is 1.18 bits per heavy atom. The maximum absolute atomic E-state index is 10.7. The summed E-state index contributed by atoms with van der Waals surface area (Å²) < 4.78 is 58.9. The van der Waals surface area contributed by atoms with Gasteiger partial charge in [-0.2, -0.15) is 13.2 Å². The van der Waals surface area contributed by atoms with Gasteiger partial charge in [-0.25, -0.2) is 8.42 Å². The van der Waals surface area contributed by atoms with E-state index in [1.54, 1.807) is 0 Å². The molecule has 0 atom stereocenters. The molecular formula is CH4CuF3N2O3S-2. The largest absolute Gasteiger partial charge is 1.00 e. The van der Waals surface area contributed by atoms with Crippen molar-refractivity contribution in [3.63, 3.8) is 0 Å². The van der Waals surface area contributed by atoms with Crippen LogP contribution in [0.25, 0.3) is 12.3 Å². The maximum Gasteiger partial charge on any atom is 1.00 e. The van der Waals surface area contributed by atoms with Crippen molar-refractivity contribution < 1.29 is 43.2 Å². The van der Waals surface area contributed by atoms with E-state index >= 15 is 0 Å². The second-order valence-electron chi connectivity index (χ2n) is 0.900. The number of hydrogen-bond donors (Lipinski definition) is 0. The third-order valence-electron chi connectivity index (χ3n) is 0.283. The molecule has 0 rings (SSSR count). The van der Waals surface area contributed by atoms with Crippen LogP contribution in [0.5, 0.6) is 0 Å². The number of hydrogen-bond acceptors (Lipinski definition) is 3. The smallest absolute Gasteiger partial charge is 0.741 e. The second kappa shape index (κ2) is 5.75. The summed E-state index contributed by atoms with van der Waals surface area (Å²) in [4.78, 5) is 0. The topological polar surface area (TPSA) is 124 Å². The van der Waals surface area contributed by atoms with Gasteiger partial charge >= 0.3 is 22.6 Å². The van der Waals surface area contributed by atoms with E-state index in [0.717, 1.165) is 0 Å². The zero-order valence-electron chi connectivity index (χ0n) is 4.72. The van der Waals surface area contributed by atoms with Gasteiger partial charge in [0.2, 0.25) is 0 Å². The molecule has 0 saturated heterocycles. The summed E-state index contributed by atoms with van der Waals surface area (Å²) in [5, 5.41) is 0. The summed E-state index contributed by atoms with van der Waals surface area (Å²) in [6.45, 7) is 0. The summed E-state index contributed by atoms with van der Waals surface area (Å²) in [6.07, 6.45) is 0. The van der Waals surface area contributed by atoms with Gasteiger partial charge in [0.05, 0.1) is 0 Å². The van der Waals surface area contributed by atoms with Gasteiger partial charge in [0, 0.05) is 0 Å². The fraction of sp³-hybridized carbons (Fsp3) is 1.00. The monoisotopic (exact) mass is 244 g/mol. The molecule has 0 heterocycles. The van der Waals surface area contributed by atoms with Crippen LogP contribution in [0.15, 0.2) is 0 Å². The summed E-state index contributed by atoms with van der Waals surface area (Å²) in [6, 6.07) is 0. The first-order valence-electron chi connectivity index (χ1n) is 1.27. The van der Waals surface area contributed by atoms with Gasteiger partial charge in [-0.1, -0.05) is 0 Å². The molecule has 0 aliphatic heterocycles. The Hall–Kier alpha value is 0.139. The van der Waals surface area contributed by atoms with Gasteiger partial charge in [-0.15, -0.1) is 0 Å². The molecule has 0 aliphatic rings. The number of rotatable bonds is 0. The van der Waals surface area contributed by atoms with Gasteiger partial charge in [-0.3, -0.25) is 0 Å². The molecule has 4 N–H and O–H groups in total. The van der Waals surface area contributed by atoms with Gasteiger partial charge in [0.15, 0.2) is 10.1 Å². The Morgan fingerprint density at radius 2 is 1.18 bits per heavy atom. The van der Waals surface area contributed by atoms with Crippen molar-refractivity contribution in [1.82, 2.24) is 0 Å². The molecule has 76 valence electrons. The molecular weight excluding hydrogens is 241 g/mol. The van der Waals surface area contributed by atoms with Crippen LogP contribution in [-0.4, -0.2) is 18.5 Å². The van der Waals surface area contributed by atoms with Crippen LogP contribution < -0.4 is 0 Å². The molecule has 0 aliphatic carbocycles. The van der Waals surface area contributed by atoms with E-state index in [1.807, 2.05) is 0 Å². The predicted molar refractivity (Wildman–Crippen MR) is 26.3 cm³/mol. The minimum Gasteiger partial charge on any atom is -0.741 e. The molecule has 0 spiro atoms. The Kier molecular flexibility index (Phi) is 11.7. The summed E-state index contributed by atoms with van der Waals surface area (Å²) in [5.41, 5.74) is -5.65. The van der Waals surface area contributed by atoms with Gasteiger partial charge in [0.25, 0.3) is 0 Å². The molecule has 0 aromatic heterocycles. The second-order valence-corrected chi connectivity index (χ2v) is 2.27. The molecule has 10 heteroatoms. The average Bonchev–Trinajstić information content (AvgIpc) is 1.25. The number of alkyl halides is 3. The van der Waals surface area contributed by atoms with E-state index in [0.29, 0.717) is 0 Å². The molecule has 0 unspecified atom stereocenters. The molecule has 0 radical (unpaired) electrons. The molecule has 0 aromatic carbocycles. The summed E-state index contributed by atoms with van der Waals surface area (Å²) in [7, 11) is -6.09. The van der Waals surface area contributed by atoms with E-state index in [2.05, 4.69) is 0 Å². The van der Waals surface area contributed by atoms with Crippen LogP contribution in [-0.2, 0) is 27.2 Å². The van der Waals surface area contributed by atoms with E-state index in [-0.39, 0.29) is 29.4 Å². The van der Waals surface area contributed by atoms with Gasteiger partial charge < -0.3 is 16.9 Å². The van der Waals surface area contributed by atoms with Crippen molar-refractivity contribution in [2.45, 2.75) is 5.51 Å². The van der Waals surface area contributed by atoms with Crippen molar-refractivity contribution in [2.75, 3.05) is 0 Å². The van der Waals surface area contributed by atoms with Crippen molar-refractivity contribution in [1.29, 1.82) is 0 Å². The van der Waals surface area contributed by atoms with Crippen LogP contribution in [0, 0.1) is 0 Å². The molecule has 0 amide bonds. The van der Waals surface area contributed by atoms with Gasteiger partial charge in [-0.05, 0) is 0 Å². The molecule has 11 heavy (non-hydrogen) atoms. The fourth-order valence-corrected chi connectivity index (χ4v) is 0. The van der Waals surface area contributed by atoms with Crippen LogP contribution in [0.4, 0.5) is 13.2 Å². The standard InChI is InChI=1S/CHF3O3S.Cu.2H2N/c2-1(3,4)8(5,6)7;;;/h(H,5,6,7);;2*1H2/q;+1;2*-1/p-1. The predicted octanol–water partition coefficient (Wildman–Crippen LogP) is 1.48. The van der Waals surface area contributed by atoms with Crippen molar-refractivity contribution in [2.24, 2.45) is 0 Å². The first-order chi connectivity index (χ1) is 3.25. The zero-order chi connectivity index (χ0) is 7.00. The van der Waals surface area contributed by atoms with Crippen LogP contribution in [0.1, 0.15) is 0 Å². The quantitative estimate of drug-likeness (QED) is 0.364. The molecule has 0 saturated carbocycles. The van der Waals surface area contributed by atoms with Crippen LogP contribution >= 0.6 is 0 Å². The first-order valence-corrected chi connectivity index (χ1v) is 2.68. The average molecular weight is 245 g/mol. The maximum atomic E-state index is 10.7. The van der Waals surface area contributed by atoms with Crippen LogP contribution in [0.3, 0.4) is 0 Å². The van der Waals surface area contributed by atoms with Crippen molar-refractivity contribution in [3.8, 4) is 0 Å². The van der Waals surface area contributed by atoms with E-state index in [1.165, 1.54) is 0 Å². The molecule has 0 bridgehead atoms. The van der Waals surface area contributed by atoms with E-state index in [9.17, 15) is 13.2 Å². The summed E-state index contributed by atoms with van der Waals surface area (Å²) in [5.74, 6) is 0. The number of nitrogens with two attached hydrogens (primary N) is 2. The van der Waals surface area contributed by atoms with Crippen LogP contribution in [0.2, 0.25) is 0 Å². The molecule has 0 aromatic rings. The SMILES string of the molecule is O=S(=O)([O-])C(F)(F)F.[Cu+].[NH2-].[NH2-]. The van der Waals surface area contributed by atoms with Crippen molar-refractivity contribution >= 4 is 10.1 Å². The minimum atomic E-state index is -6.09. The van der Waals surface area contributed by atoms with Crippen molar-refractivity contribution in [3.05, 3.63) is 12.3 Å². The third-order valence-corrected chi connectivity index (χ3v) is 0.850. The molecule has 0 fully saturated rings. The Bertz CT molecular complexity index is 176. The first kappa shape index (κ1) is 22.5. The third kappa shape index (κ3) is 8.04. The number of halogens is 3. The fourth-order valence-electron chi connectivity index (χ4n) is 0. The normalized spacial score (nSPS) is 10.2.